The first-order valence-electron chi connectivity index (χ1n) is 8.41. The van der Waals surface area contributed by atoms with E-state index in [0.29, 0.717) is 4.90 Å². The third kappa shape index (κ3) is 3.87. The number of fused-ring (bicyclic) bond motifs is 1. The lowest BCUT2D eigenvalue weighted by Gasteiger charge is -2.27. The van der Waals surface area contributed by atoms with Gasteiger partial charge in [-0.1, -0.05) is 17.7 Å². The fourth-order valence-corrected chi connectivity index (χ4v) is 4.84. The highest BCUT2D eigenvalue weighted by Gasteiger charge is 2.24. The van der Waals surface area contributed by atoms with Gasteiger partial charge in [0.15, 0.2) is 9.84 Å². The largest absolute Gasteiger partial charge is 0.333 e. The summed E-state index contributed by atoms with van der Waals surface area (Å²) in [4.78, 5) is 4.91. The van der Waals surface area contributed by atoms with E-state index in [9.17, 15) is 8.42 Å². The van der Waals surface area contributed by atoms with E-state index in [2.05, 4.69) is 21.1 Å². The van der Waals surface area contributed by atoms with E-state index in [-0.39, 0.29) is 17.8 Å². The Labute approximate surface area is 144 Å². The number of nitrogens with one attached hydrogen (secondary N) is 1. The Bertz CT molecular complexity index is 809. The van der Waals surface area contributed by atoms with Gasteiger partial charge in [-0.05, 0) is 39.3 Å². The van der Waals surface area contributed by atoms with Crippen LogP contribution in [-0.4, -0.2) is 35.8 Å². The highest BCUT2D eigenvalue weighted by Crippen LogP contribution is 2.17. The molecule has 0 unspecified atom stereocenters. The van der Waals surface area contributed by atoms with E-state index >= 15 is 0 Å². The molecule has 24 heavy (non-hydrogen) atoms. The number of hydrogen-bond donors (Lipinski definition) is 1. The first kappa shape index (κ1) is 17.2. The van der Waals surface area contributed by atoms with Gasteiger partial charge in [0.25, 0.3) is 0 Å². The number of aromatic nitrogens is 2. The van der Waals surface area contributed by atoms with Gasteiger partial charge in [0.2, 0.25) is 0 Å². The quantitative estimate of drug-likeness (QED) is 0.901. The summed E-state index contributed by atoms with van der Waals surface area (Å²) in [6, 6.07) is 7.27. The van der Waals surface area contributed by atoms with Crippen molar-refractivity contribution >= 4 is 9.84 Å². The fraction of sp³-hybridized carbons (Fsp3) is 0.500. The third-order valence-corrected chi connectivity index (χ3v) is 6.41. The normalized spacial score (nSPS) is 19.0. The molecule has 0 radical (unpaired) electrons. The Morgan fingerprint density at radius 2 is 2.00 bits per heavy atom. The molecule has 2 heterocycles. The van der Waals surface area contributed by atoms with Crippen LogP contribution in [0.3, 0.4) is 0 Å². The molecule has 2 aromatic rings. The first-order chi connectivity index (χ1) is 11.3. The molecule has 0 amide bonds. The molecular weight excluding hydrogens is 322 g/mol. The molecule has 3 rings (SSSR count). The number of nitrogens with zero attached hydrogens (tertiary/aromatic N) is 2. The zero-order chi connectivity index (χ0) is 17.3. The second kappa shape index (κ2) is 6.69. The molecule has 0 saturated heterocycles. The summed E-state index contributed by atoms with van der Waals surface area (Å²) in [6.07, 6.45) is 3.99. The standard InChI is InChI=1S/C18H25N3O2S/c1-13-4-7-17(8-5-13)24(22,23)12-15(3)19-16-6-9-18-20-14(2)10-21(18)11-16/h4-5,7-8,10,15-16,19H,6,9,11-12H2,1-3H3/t15-,16-/m0/s1. The molecule has 6 heteroatoms. The van der Waals surface area contributed by atoms with Crippen LogP contribution in [0.5, 0.6) is 0 Å². The lowest BCUT2D eigenvalue weighted by atomic mass is 10.1. The third-order valence-electron chi connectivity index (χ3n) is 4.48. The average Bonchev–Trinajstić information content (AvgIpc) is 2.86. The number of imidazole rings is 1. The molecule has 0 spiro atoms. The Hall–Kier alpha value is -1.66. The molecule has 1 N–H and O–H groups in total. The fourth-order valence-electron chi connectivity index (χ4n) is 3.34. The Morgan fingerprint density at radius 3 is 2.71 bits per heavy atom. The SMILES string of the molecule is Cc1ccc(S(=O)(=O)C[C@H](C)N[C@H]2CCc3nc(C)cn3C2)cc1. The van der Waals surface area contributed by atoms with Crippen LogP contribution in [0.25, 0.3) is 0 Å². The number of hydrogen-bond acceptors (Lipinski definition) is 4. The van der Waals surface area contributed by atoms with E-state index in [1.165, 1.54) is 0 Å². The summed E-state index contributed by atoms with van der Waals surface area (Å²) < 4.78 is 27.3. The van der Waals surface area contributed by atoms with Crippen molar-refractivity contribution in [1.82, 2.24) is 14.9 Å². The molecule has 0 aliphatic carbocycles. The molecule has 130 valence electrons. The van der Waals surface area contributed by atoms with Crippen molar-refractivity contribution in [3.05, 3.63) is 47.5 Å². The summed E-state index contributed by atoms with van der Waals surface area (Å²) in [5, 5.41) is 3.48. The summed E-state index contributed by atoms with van der Waals surface area (Å²) in [5.74, 6) is 1.24. The monoisotopic (exact) mass is 347 g/mol. The number of sulfone groups is 1. The highest BCUT2D eigenvalue weighted by molar-refractivity contribution is 7.91. The smallest absolute Gasteiger partial charge is 0.179 e. The topological polar surface area (TPSA) is 64.0 Å². The minimum Gasteiger partial charge on any atom is -0.333 e. The van der Waals surface area contributed by atoms with Gasteiger partial charge >= 0.3 is 0 Å². The van der Waals surface area contributed by atoms with Crippen LogP contribution in [0.2, 0.25) is 0 Å². The predicted molar refractivity (Wildman–Crippen MR) is 94.9 cm³/mol. The molecular formula is C18H25N3O2S. The van der Waals surface area contributed by atoms with Gasteiger partial charge in [-0.3, -0.25) is 0 Å². The van der Waals surface area contributed by atoms with Gasteiger partial charge < -0.3 is 9.88 Å². The molecule has 1 aliphatic rings. The zero-order valence-electron chi connectivity index (χ0n) is 14.5. The van der Waals surface area contributed by atoms with Gasteiger partial charge in [0.05, 0.1) is 16.3 Å². The highest BCUT2D eigenvalue weighted by atomic mass is 32.2. The van der Waals surface area contributed by atoms with E-state index in [1.807, 2.05) is 32.9 Å². The minimum atomic E-state index is -3.27. The van der Waals surface area contributed by atoms with Crippen molar-refractivity contribution in [3.8, 4) is 0 Å². The predicted octanol–water partition coefficient (Wildman–Crippen LogP) is 2.27. The minimum absolute atomic E-state index is 0.0903. The van der Waals surface area contributed by atoms with Crippen LogP contribution in [0.1, 0.15) is 30.4 Å². The maximum Gasteiger partial charge on any atom is 0.179 e. The van der Waals surface area contributed by atoms with Crippen LogP contribution in [-0.2, 0) is 22.8 Å². The summed E-state index contributed by atoms with van der Waals surface area (Å²) in [7, 11) is -3.27. The van der Waals surface area contributed by atoms with Crippen LogP contribution < -0.4 is 5.32 Å². The van der Waals surface area contributed by atoms with E-state index in [0.717, 1.165) is 36.5 Å². The van der Waals surface area contributed by atoms with Gasteiger partial charge in [-0.2, -0.15) is 0 Å². The van der Waals surface area contributed by atoms with Crippen LogP contribution in [0.4, 0.5) is 0 Å². The van der Waals surface area contributed by atoms with Crippen LogP contribution in [0, 0.1) is 13.8 Å². The number of aryl methyl sites for hydroxylation is 3. The molecule has 1 aromatic carbocycles. The van der Waals surface area contributed by atoms with E-state index < -0.39 is 9.84 Å². The lowest BCUT2D eigenvalue weighted by Crippen LogP contribution is -2.44. The molecule has 0 saturated carbocycles. The molecule has 1 aromatic heterocycles. The van der Waals surface area contributed by atoms with Crippen molar-refractivity contribution in [3.63, 3.8) is 0 Å². The average molecular weight is 347 g/mol. The Morgan fingerprint density at radius 1 is 1.29 bits per heavy atom. The van der Waals surface area contributed by atoms with Crippen molar-refractivity contribution in [2.45, 2.75) is 57.1 Å². The molecule has 1 aliphatic heterocycles. The van der Waals surface area contributed by atoms with Gasteiger partial charge in [-0.15, -0.1) is 0 Å². The summed E-state index contributed by atoms with van der Waals surface area (Å²) in [5.41, 5.74) is 2.11. The maximum atomic E-state index is 12.5. The molecule has 0 fully saturated rings. The van der Waals surface area contributed by atoms with Gasteiger partial charge in [0, 0.05) is 31.2 Å². The molecule has 0 bridgehead atoms. The first-order valence-corrected chi connectivity index (χ1v) is 10.1. The van der Waals surface area contributed by atoms with Crippen molar-refractivity contribution in [2.75, 3.05) is 5.75 Å². The summed E-state index contributed by atoms with van der Waals surface area (Å²) in [6.45, 7) is 6.76. The van der Waals surface area contributed by atoms with Crippen molar-refractivity contribution < 1.29 is 8.42 Å². The lowest BCUT2D eigenvalue weighted by molar-refractivity contribution is 0.357. The Kier molecular flexibility index (Phi) is 4.78. The number of benzene rings is 1. The molecule has 5 nitrogen and oxygen atoms in total. The van der Waals surface area contributed by atoms with Gasteiger partial charge in [0.1, 0.15) is 5.82 Å². The van der Waals surface area contributed by atoms with Crippen molar-refractivity contribution in [1.29, 1.82) is 0 Å². The second-order valence-electron chi connectivity index (χ2n) is 6.85. The summed E-state index contributed by atoms with van der Waals surface area (Å²) >= 11 is 0. The Balaban J connectivity index is 1.61. The number of rotatable bonds is 5. The van der Waals surface area contributed by atoms with Crippen LogP contribution >= 0.6 is 0 Å². The van der Waals surface area contributed by atoms with Crippen molar-refractivity contribution in [2.24, 2.45) is 0 Å². The molecule has 2 atom stereocenters. The van der Waals surface area contributed by atoms with Gasteiger partial charge in [-0.25, -0.2) is 13.4 Å². The van der Waals surface area contributed by atoms with E-state index in [4.69, 9.17) is 0 Å². The van der Waals surface area contributed by atoms with E-state index in [1.54, 1.807) is 12.1 Å². The maximum absolute atomic E-state index is 12.5. The zero-order valence-corrected chi connectivity index (χ0v) is 15.3. The van der Waals surface area contributed by atoms with Crippen LogP contribution in [0.15, 0.2) is 35.4 Å². The second-order valence-corrected chi connectivity index (χ2v) is 8.88.